The van der Waals surface area contributed by atoms with E-state index >= 15 is 0 Å². The van der Waals surface area contributed by atoms with Gasteiger partial charge in [0.05, 0.1) is 6.10 Å². The van der Waals surface area contributed by atoms with Crippen molar-refractivity contribution < 1.29 is 5.11 Å². The number of hydrogen-bond donors (Lipinski definition) is 1. The monoisotopic (exact) mass is 292 g/mol. The van der Waals surface area contributed by atoms with Crippen molar-refractivity contribution in [1.82, 2.24) is 0 Å². The van der Waals surface area contributed by atoms with Crippen LogP contribution in [0.25, 0.3) is 0 Å². The van der Waals surface area contributed by atoms with Gasteiger partial charge < -0.3 is 5.11 Å². The zero-order valence-electron chi connectivity index (χ0n) is 6.67. The fraction of sp³-hybridized carbons (Fsp3) is 0.333. The van der Waals surface area contributed by atoms with Crippen LogP contribution in [0.4, 0.5) is 0 Å². The van der Waals surface area contributed by atoms with Crippen LogP contribution in [-0.2, 0) is 0 Å². The van der Waals surface area contributed by atoms with E-state index in [0.29, 0.717) is 0 Å². The first kappa shape index (κ1) is 10.2. The Morgan fingerprint density at radius 1 is 1.33 bits per heavy atom. The molecule has 0 radical (unpaired) electrons. The summed E-state index contributed by atoms with van der Waals surface area (Å²) in [7, 11) is 0. The summed E-state index contributed by atoms with van der Waals surface area (Å²) in [4.78, 5) is 0.0659. The van der Waals surface area contributed by atoms with Crippen molar-refractivity contribution in [3.05, 3.63) is 34.3 Å². The van der Waals surface area contributed by atoms with Crippen molar-refractivity contribution >= 4 is 31.9 Å². The standard InChI is InChI=1S/C9H10Br2O/c1-6(10)9(12)7-4-2-3-5-8(7)11/h2-6,9,12H,1H3. The largest absolute Gasteiger partial charge is 0.387 e. The van der Waals surface area contributed by atoms with Gasteiger partial charge in [-0.15, -0.1) is 0 Å². The SMILES string of the molecule is CC(Br)C(O)c1ccccc1Br. The molecule has 0 bridgehead atoms. The topological polar surface area (TPSA) is 20.2 Å². The lowest BCUT2D eigenvalue weighted by Gasteiger charge is -2.14. The van der Waals surface area contributed by atoms with E-state index in [1.54, 1.807) is 0 Å². The highest BCUT2D eigenvalue weighted by Gasteiger charge is 2.15. The van der Waals surface area contributed by atoms with Gasteiger partial charge in [-0.3, -0.25) is 0 Å². The van der Waals surface area contributed by atoms with Gasteiger partial charge in [0, 0.05) is 9.30 Å². The molecule has 1 aromatic rings. The molecule has 0 aliphatic carbocycles. The van der Waals surface area contributed by atoms with Gasteiger partial charge in [-0.1, -0.05) is 50.1 Å². The van der Waals surface area contributed by atoms with Crippen LogP contribution in [0.1, 0.15) is 18.6 Å². The van der Waals surface area contributed by atoms with Gasteiger partial charge in [0.1, 0.15) is 0 Å². The second-order valence-electron chi connectivity index (χ2n) is 2.64. The predicted molar refractivity (Wildman–Crippen MR) is 57.5 cm³/mol. The van der Waals surface area contributed by atoms with Gasteiger partial charge in [0.2, 0.25) is 0 Å². The molecule has 0 saturated carbocycles. The summed E-state index contributed by atoms with van der Waals surface area (Å²) >= 11 is 6.72. The average Bonchev–Trinajstić information content (AvgIpc) is 2.04. The third-order valence-corrected chi connectivity index (χ3v) is 2.88. The Kier molecular flexibility index (Phi) is 3.75. The second-order valence-corrected chi connectivity index (χ2v) is 4.94. The number of aliphatic hydroxyl groups excluding tert-OH is 1. The molecule has 1 rings (SSSR count). The summed E-state index contributed by atoms with van der Waals surface area (Å²) in [5, 5.41) is 9.70. The summed E-state index contributed by atoms with van der Waals surface area (Å²) in [6.07, 6.45) is -0.458. The fourth-order valence-corrected chi connectivity index (χ4v) is 1.77. The quantitative estimate of drug-likeness (QED) is 0.830. The van der Waals surface area contributed by atoms with Gasteiger partial charge >= 0.3 is 0 Å². The summed E-state index contributed by atoms with van der Waals surface area (Å²) < 4.78 is 0.948. The Bertz CT molecular complexity index is 260. The van der Waals surface area contributed by atoms with E-state index in [1.165, 1.54) is 0 Å². The first-order valence-electron chi connectivity index (χ1n) is 3.69. The Labute approximate surface area is 89.1 Å². The minimum absolute atomic E-state index is 0.0659. The molecule has 1 aromatic carbocycles. The number of hydrogen-bond acceptors (Lipinski definition) is 1. The van der Waals surface area contributed by atoms with E-state index in [0.717, 1.165) is 10.0 Å². The van der Waals surface area contributed by atoms with Crippen LogP contribution in [0.5, 0.6) is 0 Å². The summed E-state index contributed by atoms with van der Waals surface area (Å²) in [6, 6.07) is 7.68. The molecule has 0 heterocycles. The summed E-state index contributed by atoms with van der Waals surface area (Å²) in [5.41, 5.74) is 0.918. The van der Waals surface area contributed by atoms with Crippen LogP contribution in [0.15, 0.2) is 28.7 Å². The normalized spacial score (nSPS) is 15.7. The minimum atomic E-state index is -0.458. The molecule has 3 heteroatoms. The number of benzene rings is 1. The first-order chi connectivity index (χ1) is 5.63. The third-order valence-electron chi connectivity index (χ3n) is 1.66. The molecule has 2 unspecified atom stereocenters. The predicted octanol–water partition coefficient (Wildman–Crippen LogP) is 3.27. The highest BCUT2D eigenvalue weighted by atomic mass is 79.9. The maximum Gasteiger partial charge on any atom is 0.0923 e. The smallest absolute Gasteiger partial charge is 0.0923 e. The van der Waals surface area contributed by atoms with E-state index in [1.807, 2.05) is 31.2 Å². The van der Waals surface area contributed by atoms with Crippen molar-refractivity contribution in [3.8, 4) is 0 Å². The minimum Gasteiger partial charge on any atom is -0.387 e. The molecule has 0 saturated heterocycles. The second kappa shape index (κ2) is 4.40. The molecule has 0 fully saturated rings. The van der Waals surface area contributed by atoms with Gasteiger partial charge in [-0.2, -0.15) is 0 Å². The lowest BCUT2D eigenvalue weighted by molar-refractivity contribution is 0.180. The van der Waals surface area contributed by atoms with Crippen molar-refractivity contribution in [1.29, 1.82) is 0 Å². The molecule has 0 aromatic heterocycles. The maximum absolute atomic E-state index is 9.70. The van der Waals surface area contributed by atoms with Crippen LogP contribution < -0.4 is 0 Å². The lowest BCUT2D eigenvalue weighted by Crippen LogP contribution is -2.08. The van der Waals surface area contributed by atoms with E-state index in [4.69, 9.17) is 0 Å². The van der Waals surface area contributed by atoms with Crippen molar-refractivity contribution in [2.75, 3.05) is 0 Å². The molecule has 0 amide bonds. The van der Waals surface area contributed by atoms with E-state index in [9.17, 15) is 5.11 Å². The zero-order valence-corrected chi connectivity index (χ0v) is 9.84. The van der Waals surface area contributed by atoms with Gasteiger partial charge in [0.25, 0.3) is 0 Å². The molecule has 12 heavy (non-hydrogen) atoms. The molecule has 0 aliphatic heterocycles. The Morgan fingerprint density at radius 3 is 2.42 bits per heavy atom. The van der Waals surface area contributed by atoms with E-state index < -0.39 is 6.10 Å². The number of halogens is 2. The Morgan fingerprint density at radius 2 is 1.92 bits per heavy atom. The molecule has 1 N–H and O–H groups in total. The lowest BCUT2D eigenvalue weighted by atomic mass is 10.1. The maximum atomic E-state index is 9.70. The molecule has 0 spiro atoms. The molecule has 0 aliphatic rings. The number of alkyl halides is 1. The fourth-order valence-electron chi connectivity index (χ4n) is 0.962. The molecule has 66 valence electrons. The van der Waals surface area contributed by atoms with Crippen molar-refractivity contribution in [3.63, 3.8) is 0 Å². The van der Waals surface area contributed by atoms with Gasteiger partial charge in [0.15, 0.2) is 0 Å². The zero-order chi connectivity index (χ0) is 9.14. The van der Waals surface area contributed by atoms with Crippen molar-refractivity contribution in [2.45, 2.75) is 17.9 Å². The molecular formula is C9H10Br2O. The van der Waals surface area contributed by atoms with Crippen molar-refractivity contribution in [2.24, 2.45) is 0 Å². The molecule has 1 nitrogen and oxygen atoms in total. The third kappa shape index (κ3) is 2.31. The number of rotatable bonds is 2. The van der Waals surface area contributed by atoms with E-state index in [-0.39, 0.29) is 4.83 Å². The summed E-state index contributed by atoms with van der Waals surface area (Å²) in [5.74, 6) is 0. The Hall–Kier alpha value is 0.140. The molecule has 2 atom stereocenters. The Balaban J connectivity index is 2.94. The highest BCUT2D eigenvalue weighted by molar-refractivity contribution is 9.10. The van der Waals surface area contributed by atoms with Crippen LogP contribution in [0.3, 0.4) is 0 Å². The van der Waals surface area contributed by atoms with Gasteiger partial charge in [-0.05, 0) is 18.6 Å². The van der Waals surface area contributed by atoms with Gasteiger partial charge in [-0.25, -0.2) is 0 Å². The van der Waals surface area contributed by atoms with Crippen LogP contribution in [0.2, 0.25) is 0 Å². The van der Waals surface area contributed by atoms with Crippen LogP contribution in [-0.4, -0.2) is 9.93 Å². The van der Waals surface area contributed by atoms with Crippen LogP contribution in [0, 0.1) is 0 Å². The molecular weight excluding hydrogens is 284 g/mol. The number of aliphatic hydroxyl groups is 1. The van der Waals surface area contributed by atoms with Crippen LogP contribution >= 0.6 is 31.9 Å². The highest BCUT2D eigenvalue weighted by Crippen LogP contribution is 2.28. The average molecular weight is 294 g/mol. The first-order valence-corrected chi connectivity index (χ1v) is 5.40. The van der Waals surface area contributed by atoms with E-state index in [2.05, 4.69) is 31.9 Å². The summed E-state index contributed by atoms with van der Waals surface area (Å²) in [6.45, 7) is 1.92.